The van der Waals surface area contributed by atoms with Gasteiger partial charge in [-0.2, -0.15) is 0 Å². The van der Waals surface area contributed by atoms with E-state index in [4.69, 9.17) is 4.74 Å². The first-order chi connectivity index (χ1) is 12.4. The number of alkyl halides is 1. The average molecular weight is 362 g/mol. The minimum Gasteiger partial charge on any atom is -0.491 e. The molecule has 1 amide bonds. The molecule has 0 fully saturated rings. The van der Waals surface area contributed by atoms with E-state index in [2.05, 4.69) is 11.9 Å². The average Bonchev–Trinajstić information content (AvgIpc) is 2.66. The number of allylic oxidation sites excluding steroid dienone is 2. The third-order valence-corrected chi connectivity index (χ3v) is 4.27. The van der Waals surface area contributed by atoms with Gasteiger partial charge in [0.15, 0.2) is 0 Å². The Labute approximate surface area is 156 Å². The number of benzene rings is 1. The standard InChI is InChI=1S/C21H31FN2O2/c1-6-8-14-24(7-2)21(25)18(5)23-17(4)16(3)19-9-11-20(12-10-19)26-15-13-22/h9-12H,6-8,13-15H2,1-5H3/b17-16+,23-18?. The summed E-state index contributed by atoms with van der Waals surface area (Å²) in [6.07, 6.45) is 2.06. The maximum absolute atomic E-state index is 12.5. The molecule has 0 aliphatic carbocycles. The summed E-state index contributed by atoms with van der Waals surface area (Å²) >= 11 is 0. The quantitative estimate of drug-likeness (QED) is 0.556. The zero-order valence-corrected chi connectivity index (χ0v) is 16.6. The predicted molar refractivity (Wildman–Crippen MR) is 106 cm³/mol. The third-order valence-electron chi connectivity index (χ3n) is 4.27. The minimum atomic E-state index is -0.505. The van der Waals surface area contributed by atoms with Crippen LogP contribution in [0.3, 0.4) is 0 Å². The zero-order valence-electron chi connectivity index (χ0n) is 16.6. The van der Waals surface area contributed by atoms with Crippen molar-refractivity contribution in [2.45, 2.75) is 47.5 Å². The molecule has 0 aliphatic heterocycles. The van der Waals surface area contributed by atoms with Gasteiger partial charge in [-0.1, -0.05) is 25.5 Å². The number of rotatable bonds is 10. The van der Waals surface area contributed by atoms with Crippen LogP contribution in [-0.2, 0) is 4.79 Å². The second-order valence-corrected chi connectivity index (χ2v) is 6.21. The van der Waals surface area contributed by atoms with E-state index in [1.165, 1.54) is 0 Å². The van der Waals surface area contributed by atoms with Gasteiger partial charge < -0.3 is 9.64 Å². The molecule has 144 valence electrons. The van der Waals surface area contributed by atoms with E-state index in [1.807, 2.05) is 49.9 Å². The summed E-state index contributed by atoms with van der Waals surface area (Å²) in [4.78, 5) is 18.9. The van der Waals surface area contributed by atoms with Crippen molar-refractivity contribution < 1.29 is 13.9 Å². The third kappa shape index (κ3) is 6.62. The lowest BCUT2D eigenvalue weighted by Gasteiger charge is -2.20. The van der Waals surface area contributed by atoms with E-state index in [-0.39, 0.29) is 12.5 Å². The van der Waals surface area contributed by atoms with Crippen molar-refractivity contribution in [2.75, 3.05) is 26.4 Å². The van der Waals surface area contributed by atoms with Gasteiger partial charge in [0.05, 0.1) is 0 Å². The van der Waals surface area contributed by atoms with Gasteiger partial charge in [-0.3, -0.25) is 9.79 Å². The maximum atomic E-state index is 12.5. The lowest BCUT2D eigenvalue weighted by atomic mass is 10.1. The minimum absolute atomic E-state index is 0.0110. The van der Waals surface area contributed by atoms with Crippen molar-refractivity contribution in [3.63, 3.8) is 0 Å². The second kappa shape index (κ2) is 11.4. The van der Waals surface area contributed by atoms with Crippen molar-refractivity contribution >= 4 is 17.2 Å². The molecule has 0 bridgehead atoms. The first kappa shape index (κ1) is 21.9. The van der Waals surface area contributed by atoms with Crippen LogP contribution in [0, 0.1) is 0 Å². The Morgan fingerprint density at radius 1 is 1.15 bits per heavy atom. The predicted octanol–water partition coefficient (Wildman–Crippen LogP) is 4.90. The Hall–Kier alpha value is -2.17. The summed E-state index contributed by atoms with van der Waals surface area (Å²) in [7, 11) is 0. The Bertz CT molecular complexity index is 636. The molecule has 0 unspecified atom stereocenters. The maximum Gasteiger partial charge on any atom is 0.267 e. The molecule has 1 aromatic rings. The molecule has 0 aromatic heterocycles. The van der Waals surface area contributed by atoms with Crippen LogP contribution in [0.2, 0.25) is 0 Å². The molecule has 0 heterocycles. The highest BCUT2D eigenvalue weighted by Gasteiger charge is 2.14. The molecular formula is C21H31FN2O2. The van der Waals surface area contributed by atoms with E-state index in [9.17, 15) is 9.18 Å². The van der Waals surface area contributed by atoms with Crippen molar-refractivity contribution in [2.24, 2.45) is 4.99 Å². The highest BCUT2D eigenvalue weighted by Crippen LogP contribution is 2.22. The Kier molecular flexibility index (Phi) is 9.63. The Morgan fingerprint density at radius 2 is 1.81 bits per heavy atom. The van der Waals surface area contributed by atoms with E-state index < -0.39 is 6.67 Å². The lowest BCUT2D eigenvalue weighted by molar-refractivity contribution is -0.124. The number of ether oxygens (including phenoxy) is 1. The van der Waals surface area contributed by atoms with Crippen LogP contribution in [0.25, 0.3) is 5.57 Å². The summed E-state index contributed by atoms with van der Waals surface area (Å²) < 4.78 is 17.4. The van der Waals surface area contributed by atoms with Gasteiger partial charge in [0, 0.05) is 18.8 Å². The molecule has 0 aliphatic rings. The van der Waals surface area contributed by atoms with Gasteiger partial charge in [0.1, 0.15) is 24.7 Å². The number of amides is 1. The largest absolute Gasteiger partial charge is 0.491 e. The van der Waals surface area contributed by atoms with Crippen molar-refractivity contribution in [3.05, 3.63) is 35.5 Å². The van der Waals surface area contributed by atoms with E-state index in [0.29, 0.717) is 18.0 Å². The fourth-order valence-electron chi connectivity index (χ4n) is 2.53. The molecule has 0 N–H and O–H groups in total. The van der Waals surface area contributed by atoms with E-state index >= 15 is 0 Å². The summed E-state index contributed by atoms with van der Waals surface area (Å²) in [5.74, 6) is 0.629. The molecule has 26 heavy (non-hydrogen) atoms. The van der Waals surface area contributed by atoms with Gasteiger partial charge in [-0.15, -0.1) is 0 Å². The van der Waals surface area contributed by atoms with Crippen molar-refractivity contribution in [3.8, 4) is 5.75 Å². The van der Waals surface area contributed by atoms with Crippen LogP contribution in [0.4, 0.5) is 4.39 Å². The normalized spacial score (nSPS) is 12.6. The van der Waals surface area contributed by atoms with Gasteiger partial charge in [-0.25, -0.2) is 4.39 Å². The van der Waals surface area contributed by atoms with Crippen LogP contribution in [0.1, 0.15) is 53.0 Å². The molecule has 0 saturated heterocycles. The number of unbranched alkanes of at least 4 members (excludes halogenated alkanes) is 1. The number of carbonyl (C=O) groups is 1. The Morgan fingerprint density at radius 3 is 2.35 bits per heavy atom. The fraction of sp³-hybridized carbons (Fsp3) is 0.524. The first-order valence-electron chi connectivity index (χ1n) is 9.25. The van der Waals surface area contributed by atoms with E-state index in [0.717, 1.165) is 36.2 Å². The van der Waals surface area contributed by atoms with Crippen LogP contribution >= 0.6 is 0 Å². The number of halogens is 1. The molecule has 5 heteroatoms. The molecule has 4 nitrogen and oxygen atoms in total. The monoisotopic (exact) mass is 362 g/mol. The highest BCUT2D eigenvalue weighted by molar-refractivity contribution is 6.38. The van der Waals surface area contributed by atoms with Gasteiger partial charge in [0.2, 0.25) is 0 Å². The molecule has 0 spiro atoms. The Balaban J connectivity index is 2.91. The van der Waals surface area contributed by atoms with Crippen LogP contribution in [0.5, 0.6) is 5.75 Å². The molecule has 0 saturated carbocycles. The molecule has 1 rings (SSSR count). The second-order valence-electron chi connectivity index (χ2n) is 6.21. The summed E-state index contributed by atoms with van der Waals surface area (Å²) in [6.45, 7) is 10.8. The number of hydrogen-bond donors (Lipinski definition) is 0. The molecule has 1 aromatic carbocycles. The van der Waals surface area contributed by atoms with Gasteiger partial charge in [0.25, 0.3) is 5.91 Å². The van der Waals surface area contributed by atoms with Gasteiger partial charge >= 0.3 is 0 Å². The highest BCUT2D eigenvalue weighted by atomic mass is 19.1. The summed E-state index contributed by atoms with van der Waals surface area (Å²) in [6, 6.07) is 7.46. The van der Waals surface area contributed by atoms with Crippen molar-refractivity contribution in [1.82, 2.24) is 4.90 Å². The number of carbonyl (C=O) groups excluding carboxylic acids is 1. The molecular weight excluding hydrogens is 331 g/mol. The zero-order chi connectivity index (χ0) is 19.5. The SMILES string of the molecule is CCCCN(CC)C(=O)C(C)=N/C(C)=C(\C)c1ccc(OCCF)cc1. The van der Waals surface area contributed by atoms with Crippen LogP contribution in [-0.4, -0.2) is 42.9 Å². The smallest absolute Gasteiger partial charge is 0.267 e. The van der Waals surface area contributed by atoms with Crippen LogP contribution < -0.4 is 4.74 Å². The van der Waals surface area contributed by atoms with Crippen LogP contribution in [0.15, 0.2) is 35.0 Å². The summed E-state index contributed by atoms with van der Waals surface area (Å²) in [5.41, 5.74) is 3.30. The number of aliphatic imine (C=N–C) groups is 1. The molecule has 0 atom stereocenters. The fourth-order valence-corrected chi connectivity index (χ4v) is 2.53. The lowest BCUT2D eigenvalue weighted by Crippen LogP contribution is -2.36. The number of hydrogen-bond acceptors (Lipinski definition) is 3. The molecule has 0 radical (unpaired) electrons. The van der Waals surface area contributed by atoms with Gasteiger partial charge in [-0.05, 0) is 57.4 Å². The topological polar surface area (TPSA) is 41.9 Å². The first-order valence-corrected chi connectivity index (χ1v) is 9.25. The van der Waals surface area contributed by atoms with Crippen molar-refractivity contribution in [1.29, 1.82) is 0 Å². The summed E-state index contributed by atoms with van der Waals surface area (Å²) in [5, 5.41) is 0. The van der Waals surface area contributed by atoms with E-state index in [1.54, 1.807) is 6.92 Å². The number of nitrogens with zero attached hydrogens (tertiary/aromatic N) is 2.